The van der Waals surface area contributed by atoms with E-state index in [1.54, 1.807) is 19.2 Å². The molecule has 0 bridgehead atoms. The highest BCUT2D eigenvalue weighted by molar-refractivity contribution is 14.0. The van der Waals surface area contributed by atoms with E-state index in [1.807, 2.05) is 0 Å². The fourth-order valence-corrected chi connectivity index (χ4v) is 2.50. The number of rotatable bonds is 4. The van der Waals surface area contributed by atoms with Crippen molar-refractivity contribution in [2.75, 3.05) is 7.05 Å². The second-order valence-electron chi connectivity index (χ2n) is 5.14. The Balaban J connectivity index is 0.00000220. The number of halogens is 2. The topological polar surface area (TPSA) is 56.7 Å². The summed E-state index contributed by atoms with van der Waals surface area (Å²) < 4.78 is 13.3. The fraction of sp³-hybridized carbons (Fsp3) is 0.533. The van der Waals surface area contributed by atoms with Gasteiger partial charge >= 0.3 is 0 Å². The van der Waals surface area contributed by atoms with E-state index < -0.39 is 0 Å². The number of nitrogens with one attached hydrogen (secondary N) is 2. The molecule has 0 spiro atoms. The van der Waals surface area contributed by atoms with Crippen LogP contribution in [0.15, 0.2) is 23.2 Å². The van der Waals surface area contributed by atoms with Crippen LogP contribution in [0, 0.1) is 5.82 Å². The molecule has 0 heterocycles. The van der Waals surface area contributed by atoms with Gasteiger partial charge in [-0.3, -0.25) is 4.99 Å². The highest BCUT2D eigenvalue weighted by Gasteiger charge is 2.15. The normalized spacial score (nSPS) is 15.7. The first kappa shape index (κ1) is 18.2. The Bertz CT molecular complexity index is 476. The molecule has 1 saturated carbocycles. The third-order valence-corrected chi connectivity index (χ3v) is 3.66. The van der Waals surface area contributed by atoms with E-state index in [-0.39, 0.29) is 36.4 Å². The molecule has 4 nitrogen and oxygen atoms in total. The molecule has 0 unspecified atom stereocenters. The van der Waals surface area contributed by atoms with Gasteiger partial charge in [0.2, 0.25) is 0 Å². The zero-order chi connectivity index (χ0) is 14.4. The van der Waals surface area contributed by atoms with Crippen LogP contribution >= 0.6 is 24.0 Å². The molecule has 118 valence electrons. The van der Waals surface area contributed by atoms with Crippen LogP contribution in [0.1, 0.15) is 36.8 Å². The lowest BCUT2D eigenvalue weighted by Crippen LogP contribution is -2.41. The van der Waals surface area contributed by atoms with Gasteiger partial charge in [0.25, 0.3) is 0 Å². The number of nitrogens with zero attached hydrogens (tertiary/aromatic N) is 1. The third-order valence-electron chi connectivity index (χ3n) is 3.66. The largest absolute Gasteiger partial charge is 0.392 e. The molecule has 0 atom stereocenters. The Morgan fingerprint density at radius 2 is 2.10 bits per heavy atom. The number of aliphatic imine (C=N–C) groups is 1. The smallest absolute Gasteiger partial charge is 0.191 e. The minimum atomic E-state index is -0.371. The number of aliphatic hydroxyl groups excluding tert-OH is 1. The quantitative estimate of drug-likeness (QED) is 0.409. The van der Waals surface area contributed by atoms with Crippen molar-refractivity contribution in [2.45, 2.75) is 44.9 Å². The second kappa shape index (κ2) is 9.19. The molecular formula is C15H23FIN3O. The molecule has 0 aromatic heterocycles. The predicted molar refractivity (Wildman–Crippen MR) is 93.3 cm³/mol. The van der Waals surface area contributed by atoms with E-state index in [2.05, 4.69) is 15.6 Å². The lowest BCUT2D eigenvalue weighted by Gasteiger charge is -2.17. The summed E-state index contributed by atoms with van der Waals surface area (Å²) in [7, 11) is 1.74. The average Bonchev–Trinajstić information content (AvgIpc) is 2.97. The Labute approximate surface area is 142 Å². The van der Waals surface area contributed by atoms with E-state index in [9.17, 15) is 4.39 Å². The van der Waals surface area contributed by atoms with Gasteiger partial charge in [-0.1, -0.05) is 18.9 Å². The lowest BCUT2D eigenvalue weighted by atomic mass is 10.1. The number of hydrogen-bond acceptors (Lipinski definition) is 2. The standard InChI is InChI=1S/C15H22FN3O.HI/c1-17-15(19-13-4-2-3-5-13)18-9-11-6-7-14(16)12(8-11)10-20;/h6-8,13,20H,2-5,9-10H2,1H3,(H2,17,18,19);1H. The van der Waals surface area contributed by atoms with Crippen LogP contribution in [0.5, 0.6) is 0 Å². The average molecular weight is 407 g/mol. The minimum Gasteiger partial charge on any atom is -0.392 e. The molecule has 0 aliphatic heterocycles. The van der Waals surface area contributed by atoms with Crippen LogP contribution in [-0.4, -0.2) is 24.2 Å². The van der Waals surface area contributed by atoms with E-state index in [0.29, 0.717) is 18.2 Å². The van der Waals surface area contributed by atoms with Gasteiger partial charge in [-0.2, -0.15) is 0 Å². The molecule has 1 aliphatic carbocycles. The summed E-state index contributed by atoms with van der Waals surface area (Å²) in [5.74, 6) is 0.400. The zero-order valence-corrected chi connectivity index (χ0v) is 14.6. The van der Waals surface area contributed by atoms with Gasteiger partial charge in [0, 0.05) is 25.2 Å². The van der Waals surface area contributed by atoms with Crippen LogP contribution in [0.4, 0.5) is 4.39 Å². The van der Waals surface area contributed by atoms with Crippen LogP contribution in [0.2, 0.25) is 0 Å². The Hall–Kier alpha value is -0.890. The predicted octanol–water partition coefficient (Wildman–Crippen LogP) is 2.54. The summed E-state index contributed by atoms with van der Waals surface area (Å²) in [4.78, 5) is 4.20. The first-order valence-electron chi connectivity index (χ1n) is 7.08. The number of hydrogen-bond donors (Lipinski definition) is 3. The molecule has 1 aromatic carbocycles. The fourth-order valence-electron chi connectivity index (χ4n) is 2.50. The van der Waals surface area contributed by atoms with Crippen LogP contribution in [0.25, 0.3) is 0 Å². The maximum atomic E-state index is 13.3. The highest BCUT2D eigenvalue weighted by Crippen LogP contribution is 2.17. The number of guanidine groups is 1. The maximum absolute atomic E-state index is 13.3. The Morgan fingerprint density at radius 3 is 2.71 bits per heavy atom. The molecule has 1 aliphatic rings. The minimum absolute atomic E-state index is 0. The molecular weight excluding hydrogens is 384 g/mol. The zero-order valence-electron chi connectivity index (χ0n) is 12.2. The van der Waals surface area contributed by atoms with Crippen molar-refractivity contribution < 1.29 is 9.50 Å². The molecule has 1 aromatic rings. The molecule has 2 rings (SSSR count). The third kappa shape index (κ3) is 5.43. The highest BCUT2D eigenvalue weighted by atomic mass is 127. The SMILES string of the molecule is CN=C(NCc1ccc(F)c(CO)c1)NC1CCCC1.I. The van der Waals surface area contributed by atoms with Gasteiger partial charge in [-0.05, 0) is 30.5 Å². The molecule has 0 amide bonds. The summed E-state index contributed by atoms with van der Waals surface area (Å²) >= 11 is 0. The molecule has 0 saturated heterocycles. The van der Waals surface area contributed by atoms with Crippen molar-refractivity contribution in [3.05, 3.63) is 35.1 Å². The molecule has 3 N–H and O–H groups in total. The van der Waals surface area contributed by atoms with Crippen LogP contribution in [-0.2, 0) is 13.2 Å². The number of aliphatic hydroxyl groups is 1. The second-order valence-corrected chi connectivity index (χ2v) is 5.14. The first-order valence-corrected chi connectivity index (χ1v) is 7.08. The van der Waals surface area contributed by atoms with Crippen molar-refractivity contribution in [1.29, 1.82) is 0 Å². The van der Waals surface area contributed by atoms with E-state index in [0.717, 1.165) is 11.5 Å². The summed E-state index contributed by atoms with van der Waals surface area (Å²) in [6.45, 7) is 0.272. The van der Waals surface area contributed by atoms with Gasteiger partial charge < -0.3 is 15.7 Å². The van der Waals surface area contributed by atoms with Crippen LogP contribution in [0.3, 0.4) is 0 Å². The van der Waals surface area contributed by atoms with E-state index >= 15 is 0 Å². The summed E-state index contributed by atoms with van der Waals surface area (Å²) in [6.07, 6.45) is 4.91. The van der Waals surface area contributed by atoms with Crippen molar-refractivity contribution in [3.8, 4) is 0 Å². The van der Waals surface area contributed by atoms with Gasteiger partial charge in [-0.15, -0.1) is 24.0 Å². The molecule has 21 heavy (non-hydrogen) atoms. The van der Waals surface area contributed by atoms with E-state index in [4.69, 9.17) is 5.11 Å². The first-order chi connectivity index (χ1) is 9.72. The van der Waals surface area contributed by atoms with Crippen molar-refractivity contribution in [2.24, 2.45) is 4.99 Å². The van der Waals surface area contributed by atoms with Crippen molar-refractivity contribution >= 4 is 29.9 Å². The molecule has 0 radical (unpaired) electrons. The molecule has 6 heteroatoms. The monoisotopic (exact) mass is 407 g/mol. The van der Waals surface area contributed by atoms with Gasteiger partial charge in [-0.25, -0.2) is 4.39 Å². The summed E-state index contributed by atoms with van der Waals surface area (Å²) in [6, 6.07) is 5.27. The van der Waals surface area contributed by atoms with Crippen molar-refractivity contribution in [3.63, 3.8) is 0 Å². The summed E-state index contributed by atoms with van der Waals surface area (Å²) in [5, 5.41) is 15.7. The summed E-state index contributed by atoms with van der Waals surface area (Å²) in [5.41, 5.74) is 1.24. The van der Waals surface area contributed by atoms with Crippen LogP contribution < -0.4 is 10.6 Å². The lowest BCUT2D eigenvalue weighted by molar-refractivity contribution is 0.275. The van der Waals surface area contributed by atoms with Gasteiger partial charge in [0.15, 0.2) is 5.96 Å². The molecule has 1 fully saturated rings. The Kier molecular flexibility index (Phi) is 7.95. The maximum Gasteiger partial charge on any atom is 0.191 e. The van der Waals surface area contributed by atoms with Crippen molar-refractivity contribution in [1.82, 2.24) is 10.6 Å². The van der Waals surface area contributed by atoms with Gasteiger partial charge in [0.05, 0.1) is 6.61 Å². The van der Waals surface area contributed by atoms with E-state index in [1.165, 1.54) is 31.7 Å². The Morgan fingerprint density at radius 1 is 1.38 bits per heavy atom. The number of benzene rings is 1. The van der Waals surface area contributed by atoms with Gasteiger partial charge in [0.1, 0.15) is 5.82 Å².